The monoisotopic (exact) mass is 307 g/mol. The van der Waals surface area contributed by atoms with E-state index in [1.54, 1.807) is 0 Å². The average Bonchev–Trinajstić information content (AvgIpc) is 2.32. The molecule has 102 valence electrons. The van der Waals surface area contributed by atoms with Gasteiger partial charge in [-0.05, 0) is 0 Å². The summed E-state index contributed by atoms with van der Waals surface area (Å²) in [7, 11) is -3.34. The van der Waals surface area contributed by atoms with Gasteiger partial charge in [0.2, 0.25) is 5.91 Å². The van der Waals surface area contributed by atoms with Crippen LogP contribution in [0.2, 0.25) is 0 Å². The number of rotatable bonds is 10. The smallest absolute Gasteiger partial charge is 0.331 e. The van der Waals surface area contributed by atoms with Crippen molar-refractivity contribution in [1.29, 1.82) is 0 Å². The molecule has 0 spiro atoms. The van der Waals surface area contributed by atoms with E-state index in [2.05, 4.69) is 5.32 Å². The number of aliphatic hydroxyl groups excluding tert-OH is 1. The first-order valence-corrected chi connectivity index (χ1v) is 7.75. The molecule has 0 heterocycles. The fourth-order valence-electron chi connectivity index (χ4n) is 0.929. The maximum Gasteiger partial charge on any atom is 0.331 e. The fraction of sp³-hybridized carbons (Fsp3) is 0.875. The molecule has 2 N–H and O–H groups in total. The minimum absolute atomic E-state index is 0.0671. The second-order valence-corrected chi connectivity index (χ2v) is 5.83. The molecule has 9 heteroatoms. The van der Waals surface area contributed by atoms with Crippen molar-refractivity contribution in [3.8, 4) is 0 Å². The highest BCUT2D eigenvalue weighted by Crippen LogP contribution is 2.48. The molecule has 1 amide bonds. The molecule has 0 radical (unpaired) electrons. The predicted molar refractivity (Wildman–Crippen MR) is 65.7 cm³/mol. The zero-order valence-electron chi connectivity index (χ0n) is 9.23. The summed E-state index contributed by atoms with van der Waals surface area (Å²) in [5, 5.41) is 10.6. The quantitative estimate of drug-likeness (QED) is 0.359. The van der Waals surface area contributed by atoms with E-state index < -0.39 is 20.2 Å². The molecular weight excluding hydrogens is 292 g/mol. The number of alkyl halides is 2. The van der Waals surface area contributed by atoms with Gasteiger partial charge in [0.05, 0.1) is 19.4 Å². The molecule has 0 aromatic rings. The zero-order chi connectivity index (χ0) is 13.1. The lowest BCUT2D eigenvalue weighted by Gasteiger charge is -2.17. The van der Waals surface area contributed by atoms with Gasteiger partial charge in [-0.2, -0.15) is 0 Å². The van der Waals surface area contributed by atoms with E-state index in [0.717, 1.165) is 0 Å². The maximum absolute atomic E-state index is 12.0. The Kier molecular flexibility index (Phi) is 10.2. The predicted octanol–water partition coefficient (Wildman–Crippen LogP) is 1.15. The third-order valence-electron chi connectivity index (χ3n) is 1.62. The van der Waals surface area contributed by atoms with Crippen molar-refractivity contribution in [1.82, 2.24) is 5.32 Å². The average molecular weight is 308 g/mol. The summed E-state index contributed by atoms with van der Waals surface area (Å²) < 4.78 is 22.1. The van der Waals surface area contributed by atoms with Crippen molar-refractivity contribution in [2.24, 2.45) is 0 Å². The normalized spacial score (nSPS) is 11.5. The standard InChI is InChI=1S/C8H16Cl2NO5P/c9-2-4-15-17(14,16-5-3-10)6-1-8(13)11-7-12/h12H,1-7H2,(H,11,13). The maximum atomic E-state index is 12.0. The highest BCUT2D eigenvalue weighted by molar-refractivity contribution is 7.53. The van der Waals surface area contributed by atoms with Crippen LogP contribution < -0.4 is 5.32 Å². The number of amides is 1. The molecule has 0 saturated carbocycles. The Bertz CT molecular complexity index is 254. The topological polar surface area (TPSA) is 84.9 Å². The summed E-state index contributed by atoms with van der Waals surface area (Å²) >= 11 is 10.8. The number of nitrogens with one attached hydrogen (secondary N) is 1. The number of hydrogen-bond donors (Lipinski definition) is 2. The van der Waals surface area contributed by atoms with E-state index in [1.807, 2.05) is 0 Å². The molecular formula is C8H16Cl2NO5P. The highest BCUT2D eigenvalue weighted by atomic mass is 35.5. The minimum atomic E-state index is -3.34. The Morgan fingerprint density at radius 3 is 2.18 bits per heavy atom. The van der Waals surface area contributed by atoms with Crippen LogP contribution in [0.5, 0.6) is 0 Å². The molecule has 0 aliphatic heterocycles. The van der Waals surface area contributed by atoms with E-state index in [-0.39, 0.29) is 37.6 Å². The zero-order valence-corrected chi connectivity index (χ0v) is 11.6. The summed E-state index contributed by atoms with van der Waals surface area (Å²) in [5.41, 5.74) is 0. The van der Waals surface area contributed by atoms with Gasteiger partial charge in [0, 0.05) is 18.2 Å². The molecule has 0 aliphatic carbocycles. The molecule has 0 fully saturated rings. The fourth-order valence-corrected chi connectivity index (χ4v) is 2.85. The van der Waals surface area contributed by atoms with Crippen LogP contribution >= 0.6 is 30.8 Å². The van der Waals surface area contributed by atoms with Crippen molar-refractivity contribution in [2.75, 3.05) is 37.9 Å². The number of aliphatic hydroxyl groups is 1. The molecule has 0 aromatic heterocycles. The molecule has 0 rings (SSSR count). The summed E-state index contributed by atoms with van der Waals surface area (Å²) in [4.78, 5) is 11.1. The van der Waals surface area contributed by atoms with Crippen LogP contribution in [0.3, 0.4) is 0 Å². The summed E-state index contributed by atoms with van der Waals surface area (Å²) in [6.45, 7) is -0.320. The van der Waals surface area contributed by atoms with E-state index in [1.165, 1.54) is 0 Å². The lowest BCUT2D eigenvalue weighted by molar-refractivity contribution is -0.121. The number of carbonyl (C=O) groups excluding carboxylic acids is 1. The van der Waals surface area contributed by atoms with E-state index in [0.29, 0.717) is 0 Å². The second-order valence-electron chi connectivity index (χ2n) is 2.89. The Labute approximate surface area is 110 Å². The molecule has 0 aliphatic rings. The Hall–Kier alpha value is 0.160. The van der Waals surface area contributed by atoms with Gasteiger partial charge in [-0.25, -0.2) is 0 Å². The first-order chi connectivity index (χ1) is 8.08. The van der Waals surface area contributed by atoms with Gasteiger partial charge in [0.15, 0.2) is 0 Å². The van der Waals surface area contributed by atoms with Crippen LogP contribution in [-0.4, -0.2) is 48.9 Å². The van der Waals surface area contributed by atoms with E-state index >= 15 is 0 Å². The van der Waals surface area contributed by atoms with Crippen molar-refractivity contribution >= 4 is 36.7 Å². The van der Waals surface area contributed by atoms with Gasteiger partial charge < -0.3 is 19.5 Å². The van der Waals surface area contributed by atoms with Crippen LogP contribution in [0.15, 0.2) is 0 Å². The van der Waals surface area contributed by atoms with Gasteiger partial charge in [-0.1, -0.05) is 0 Å². The van der Waals surface area contributed by atoms with E-state index in [9.17, 15) is 9.36 Å². The van der Waals surface area contributed by atoms with Crippen LogP contribution in [0, 0.1) is 0 Å². The van der Waals surface area contributed by atoms with Crippen LogP contribution in [-0.2, 0) is 18.4 Å². The Morgan fingerprint density at radius 1 is 1.24 bits per heavy atom. The lowest BCUT2D eigenvalue weighted by Crippen LogP contribution is -2.25. The molecule has 0 unspecified atom stereocenters. The first-order valence-electron chi connectivity index (χ1n) is 4.95. The largest absolute Gasteiger partial charge is 0.377 e. The third kappa shape index (κ3) is 8.83. The lowest BCUT2D eigenvalue weighted by atomic mass is 10.5. The highest BCUT2D eigenvalue weighted by Gasteiger charge is 2.25. The van der Waals surface area contributed by atoms with Crippen molar-refractivity contribution in [3.05, 3.63) is 0 Å². The van der Waals surface area contributed by atoms with Crippen LogP contribution in [0.4, 0.5) is 0 Å². The number of hydrogen-bond acceptors (Lipinski definition) is 5. The molecule has 17 heavy (non-hydrogen) atoms. The van der Waals surface area contributed by atoms with Crippen LogP contribution in [0.1, 0.15) is 6.42 Å². The Balaban J connectivity index is 4.17. The molecule has 0 bridgehead atoms. The third-order valence-corrected chi connectivity index (χ3v) is 3.85. The number of carbonyl (C=O) groups is 1. The van der Waals surface area contributed by atoms with E-state index in [4.69, 9.17) is 37.4 Å². The van der Waals surface area contributed by atoms with Crippen LogP contribution in [0.25, 0.3) is 0 Å². The van der Waals surface area contributed by atoms with Gasteiger partial charge in [-0.3, -0.25) is 9.36 Å². The molecule has 0 aromatic carbocycles. The van der Waals surface area contributed by atoms with Gasteiger partial charge in [-0.15, -0.1) is 23.2 Å². The first kappa shape index (κ1) is 17.2. The van der Waals surface area contributed by atoms with Gasteiger partial charge >= 0.3 is 7.60 Å². The van der Waals surface area contributed by atoms with Crippen molar-refractivity contribution < 1.29 is 23.5 Å². The van der Waals surface area contributed by atoms with Gasteiger partial charge in [0.25, 0.3) is 0 Å². The van der Waals surface area contributed by atoms with Gasteiger partial charge in [0.1, 0.15) is 6.73 Å². The van der Waals surface area contributed by atoms with Crippen molar-refractivity contribution in [3.63, 3.8) is 0 Å². The molecule has 0 atom stereocenters. The summed E-state index contributed by atoms with van der Waals surface area (Å²) in [6.07, 6.45) is -0.144. The second kappa shape index (κ2) is 10.1. The summed E-state index contributed by atoms with van der Waals surface area (Å²) in [5.74, 6) is -0.0784. The Morgan fingerprint density at radius 2 is 1.76 bits per heavy atom. The summed E-state index contributed by atoms with van der Waals surface area (Å²) in [6, 6.07) is 0. The van der Waals surface area contributed by atoms with Crippen molar-refractivity contribution in [2.45, 2.75) is 6.42 Å². The minimum Gasteiger partial charge on any atom is -0.377 e. The molecule has 6 nitrogen and oxygen atoms in total. The molecule has 0 saturated heterocycles. The number of halogens is 2. The SMILES string of the molecule is O=C(CCP(=O)(OCCCl)OCCCl)NCO.